The van der Waals surface area contributed by atoms with Gasteiger partial charge in [-0.25, -0.2) is 0 Å². The van der Waals surface area contributed by atoms with Gasteiger partial charge in [-0.15, -0.1) is 11.8 Å². The van der Waals surface area contributed by atoms with Gasteiger partial charge >= 0.3 is 0 Å². The smallest absolute Gasteiger partial charge is 0.224 e. The van der Waals surface area contributed by atoms with Gasteiger partial charge < -0.3 is 10.4 Å². The van der Waals surface area contributed by atoms with Crippen molar-refractivity contribution in [3.63, 3.8) is 0 Å². The summed E-state index contributed by atoms with van der Waals surface area (Å²) in [6.45, 7) is 0. The Labute approximate surface area is 146 Å². The molecule has 2 rings (SSSR count). The van der Waals surface area contributed by atoms with Crippen molar-refractivity contribution < 1.29 is 9.90 Å². The van der Waals surface area contributed by atoms with Crippen LogP contribution in [0.2, 0.25) is 5.02 Å². The van der Waals surface area contributed by atoms with Crippen molar-refractivity contribution in [3.8, 4) is 5.75 Å². The van der Waals surface area contributed by atoms with E-state index >= 15 is 0 Å². The highest BCUT2D eigenvalue weighted by Crippen LogP contribution is 2.27. The molecular formula is C18H20ClNO2S. The Hall–Kier alpha value is -1.65. The van der Waals surface area contributed by atoms with Gasteiger partial charge in [-0.1, -0.05) is 42.3 Å². The van der Waals surface area contributed by atoms with Crippen molar-refractivity contribution in [1.29, 1.82) is 0 Å². The first-order chi connectivity index (χ1) is 11.2. The fraction of sp³-hybridized carbons (Fsp3) is 0.278. The van der Waals surface area contributed by atoms with Crippen LogP contribution in [0, 0.1) is 0 Å². The molecule has 0 aliphatic carbocycles. The maximum absolute atomic E-state index is 11.8. The monoisotopic (exact) mass is 349 g/mol. The highest BCUT2D eigenvalue weighted by molar-refractivity contribution is 7.99. The zero-order valence-electron chi connectivity index (χ0n) is 12.8. The SMILES string of the molecule is O=C(CCCCCSc1ccccc1Cl)Nc1ccccc1O. The third-order valence-corrected chi connectivity index (χ3v) is 4.92. The highest BCUT2D eigenvalue weighted by Gasteiger charge is 2.05. The molecule has 2 aromatic carbocycles. The quantitative estimate of drug-likeness (QED) is 0.384. The van der Waals surface area contributed by atoms with Gasteiger partial charge in [-0.05, 0) is 42.9 Å². The number of unbranched alkanes of at least 4 members (excludes halogenated alkanes) is 2. The summed E-state index contributed by atoms with van der Waals surface area (Å²) in [5.74, 6) is 1.02. The number of anilines is 1. The third kappa shape index (κ3) is 6.16. The third-order valence-electron chi connectivity index (χ3n) is 3.32. The number of carbonyl (C=O) groups excluding carboxylic acids is 1. The van der Waals surface area contributed by atoms with E-state index < -0.39 is 0 Å². The lowest BCUT2D eigenvalue weighted by molar-refractivity contribution is -0.116. The first-order valence-electron chi connectivity index (χ1n) is 7.62. The lowest BCUT2D eigenvalue weighted by atomic mass is 10.2. The van der Waals surface area contributed by atoms with Crippen LogP contribution in [0.3, 0.4) is 0 Å². The van der Waals surface area contributed by atoms with E-state index in [1.54, 1.807) is 36.0 Å². The number of aromatic hydroxyl groups is 1. The molecule has 0 atom stereocenters. The molecule has 0 radical (unpaired) electrons. The number of benzene rings is 2. The average molecular weight is 350 g/mol. The molecule has 5 heteroatoms. The topological polar surface area (TPSA) is 49.3 Å². The van der Waals surface area contributed by atoms with Crippen LogP contribution in [0.15, 0.2) is 53.4 Å². The van der Waals surface area contributed by atoms with Gasteiger partial charge in [0, 0.05) is 11.3 Å². The number of amides is 1. The van der Waals surface area contributed by atoms with E-state index in [1.807, 2.05) is 24.3 Å². The van der Waals surface area contributed by atoms with E-state index in [2.05, 4.69) is 5.32 Å². The van der Waals surface area contributed by atoms with Crippen molar-refractivity contribution in [1.82, 2.24) is 0 Å². The number of thioether (sulfide) groups is 1. The van der Waals surface area contributed by atoms with E-state index in [0.29, 0.717) is 12.1 Å². The second kappa shape index (κ2) is 9.48. The van der Waals surface area contributed by atoms with Gasteiger partial charge in [0.2, 0.25) is 5.91 Å². The second-order valence-electron chi connectivity index (χ2n) is 5.15. The van der Waals surface area contributed by atoms with Gasteiger partial charge in [0.1, 0.15) is 5.75 Å². The first-order valence-corrected chi connectivity index (χ1v) is 8.98. The summed E-state index contributed by atoms with van der Waals surface area (Å²) in [5, 5.41) is 13.1. The molecule has 0 aliphatic rings. The molecule has 0 heterocycles. The normalized spacial score (nSPS) is 10.5. The molecule has 0 fully saturated rings. The minimum absolute atomic E-state index is 0.0646. The summed E-state index contributed by atoms with van der Waals surface area (Å²) >= 11 is 7.85. The van der Waals surface area contributed by atoms with Crippen LogP contribution in [-0.2, 0) is 4.79 Å². The molecule has 2 N–H and O–H groups in total. The second-order valence-corrected chi connectivity index (χ2v) is 6.70. The standard InChI is InChI=1S/C18H20ClNO2S/c19-14-8-3-6-11-17(14)23-13-7-1-2-12-18(22)20-15-9-4-5-10-16(15)21/h3-6,8-11,21H,1-2,7,12-13H2,(H,20,22). The lowest BCUT2D eigenvalue weighted by Crippen LogP contribution is -2.11. The lowest BCUT2D eigenvalue weighted by Gasteiger charge is -2.07. The van der Waals surface area contributed by atoms with Crippen molar-refractivity contribution in [2.45, 2.75) is 30.6 Å². The number of phenolic OH excluding ortho intramolecular Hbond substituents is 1. The predicted octanol–water partition coefficient (Wildman–Crippen LogP) is 5.34. The van der Waals surface area contributed by atoms with Gasteiger partial charge in [0.05, 0.1) is 10.7 Å². The molecule has 0 unspecified atom stereocenters. The molecule has 0 bridgehead atoms. The largest absolute Gasteiger partial charge is 0.506 e. The van der Waals surface area contributed by atoms with Gasteiger partial charge in [-0.2, -0.15) is 0 Å². The first kappa shape index (κ1) is 17.7. The zero-order chi connectivity index (χ0) is 16.5. The van der Waals surface area contributed by atoms with Crippen LogP contribution in [0.25, 0.3) is 0 Å². The van der Waals surface area contributed by atoms with E-state index in [9.17, 15) is 9.90 Å². The summed E-state index contributed by atoms with van der Waals surface area (Å²) in [4.78, 5) is 12.9. The summed E-state index contributed by atoms with van der Waals surface area (Å²) in [6, 6.07) is 14.6. The average Bonchev–Trinajstić information content (AvgIpc) is 2.54. The maximum atomic E-state index is 11.8. The number of para-hydroxylation sites is 2. The van der Waals surface area contributed by atoms with Crippen LogP contribution in [0.1, 0.15) is 25.7 Å². The maximum Gasteiger partial charge on any atom is 0.224 e. The van der Waals surface area contributed by atoms with Crippen molar-refractivity contribution >= 4 is 35.0 Å². The van der Waals surface area contributed by atoms with E-state index in [-0.39, 0.29) is 11.7 Å². The van der Waals surface area contributed by atoms with E-state index in [1.165, 1.54) is 0 Å². The summed E-state index contributed by atoms with van der Waals surface area (Å²) in [6.07, 6.45) is 3.33. The fourth-order valence-electron chi connectivity index (χ4n) is 2.10. The molecule has 1 amide bonds. The Balaban J connectivity index is 1.59. The number of carbonyl (C=O) groups is 1. The number of halogens is 1. The molecule has 23 heavy (non-hydrogen) atoms. The Kier molecular flexibility index (Phi) is 7.30. The van der Waals surface area contributed by atoms with Crippen LogP contribution in [-0.4, -0.2) is 16.8 Å². The highest BCUT2D eigenvalue weighted by atomic mass is 35.5. The van der Waals surface area contributed by atoms with E-state index in [0.717, 1.165) is 34.9 Å². The van der Waals surface area contributed by atoms with Gasteiger partial charge in [0.25, 0.3) is 0 Å². The number of hydrogen-bond acceptors (Lipinski definition) is 3. The predicted molar refractivity (Wildman–Crippen MR) is 97.4 cm³/mol. The molecule has 0 saturated carbocycles. The van der Waals surface area contributed by atoms with Crippen molar-refractivity contribution in [2.75, 3.05) is 11.1 Å². The van der Waals surface area contributed by atoms with Crippen molar-refractivity contribution in [2.24, 2.45) is 0 Å². The molecule has 0 spiro atoms. The van der Waals surface area contributed by atoms with Crippen LogP contribution in [0.4, 0.5) is 5.69 Å². The zero-order valence-corrected chi connectivity index (χ0v) is 14.4. The number of rotatable bonds is 8. The molecule has 0 aliphatic heterocycles. The number of hydrogen-bond donors (Lipinski definition) is 2. The molecule has 122 valence electrons. The Morgan fingerprint density at radius 2 is 1.78 bits per heavy atom. The minimum atomic E-state index is -0.0646. The Bertz CT molecular complexity index is 648. The number of nitrogens with one attached hydrogen (secondary N) is 1. The number of phenols is 1. The molecule has 0 saturated heterocycles. The molecule has 0 aromatic heterocycles. The summed E-state index contributed by atoms with van der Waals surface area (Å²) in [5.41, 5.74) is 0.465. The van der Waals surface area contributed by atoms with Crippen LogP contribution >= 0.6 is 23.4 Å². The minimum Gasteiger partial charge on any atom is -0.506 e. The van der Waals surface area contributed by atoms with E-state index in [4.69, 9.17) is 11.6 Å². The Morgan fingerprint density at radius 3 is 2.57 bits per heavy atom. The molecular weight excluding hydrogens is 330 g/mol. The Morgan fingerprint density at radius 1 is 1.04 bits per heavy atom. The van der Waals surface area contributed by atoms with Crippen molar-refractivity contribution in [3.05, 3.63) is 53.6 Å². The molecule has 2 aromatic rings. The van der Waals surface area contributed by atoms with Gasteiger partial charge in [-0.3, -0.25) is 4.79 Å². The van der Waals surface area contributed by atoms with Crippen LogP contribution < -0.4 is 5.32 Å². The summed E-state index contributed by atoms with van der Waals surface area (Å²) < 4.78 is 0. The fourth-order valence-corrected chi connectivity index (χ4v) is 3.35. The van der Waals surface area contributed by atoms with Crippen LogP contribution in [0.5, 0.6) is 5.75 Å². The summed E-state index contributed by atoms with van der Waals surface area (Å²) in [7, 11) is 0. The molecule has 3 nitrogen and oxygen atoms in total. The van der Waals surface area contributed by atoms with Gasteiger partial charge in [0.15, 0.2) is 0 Å².